The van der Waals surface area contributed by atoms with Crippen molar-refractivity contribution < 1.29 is 14.0 Å². The van der Waals surface area contributed by atoms with Crippen LogP contribution in [0.25, 0.3) is 11.3 Å². The molecular weight excluding hydrogens is 442 g/mol. The molecule has 4 aromatic rings. The summed E-state index contributed by atoms with van der Waals surface area (Å²) in [7, 11) is 0. The van der Waals surface area contributed by atoms with Crippen LogP contribution < -0.4 is 10.6 Å². The third-order valence-electron chi connectivity index (χ3n) is 4.62. The molecule has 0 saturated carbocycles. The van der Waals surface area contributed by atoms with Crippen LogP contribution in [0.15, 0.2) is 81.6 Å². The molecule has 4 rings (SSSR count). The van der Waals surface area contributed by atoms with Gasteiger partial charge in [0.2, 0.25) is 5.91 Å². The Hall–Kier alpha value is -3.36. The molecule has 2 heterocycles. The van der Waals surface area contributed by atoms with E-state index in [2.05, 4.69) is 15.6 Å². The van der Waals surface area contributed by atoms with Crippen molar-refractivity contribution in [3.63, 3.8) is 0 Å². The number of benzene rings is 2. The van der Waals surface area contributed by atoms with Crippen LogP contribution in [0, 0.1) is 6.92 Å². The number of anilines is 2. The number of furan rings is 1. The number of aryl methyl sites for hydroxylation is 1. The molecule has 162 valence electrons. The molecular formula is C24H21N3O3S2. The highest BCUT2D eigenvalue weighted by molar-refractivity contribution is 8.00. The number of nitrogens with one attached hydrogen (secondary N) is 2. The van der Waals surface area contributed by atoms with E-state index in [-0.39, 0.29) is 22.8 Å². The van der Waals surface area contributed by atoms with Crippen molar-refractivity contribution in [2.75, 3.05) is 10.6 Å². The first-order valence-corrected chi connectivity index (χ1v) is 11.7. The molecule has 0 aliphatic carbocycles. The predicted molar refractivity (Wildman–Crippen MR) is 129 cm³/mol. The second-order valence-corrected chi connectivity index (χ2v) is 9.38. The van der Waals surface area contributed by atoms with Gasteiger partial charge in [0, 0.05) is 21.5 Å². The summed E-state index contributed by atoms with van der Waals surface area (Å²) in [6.45, 7) is 3.89. The van der Waals surface area contributed by atoms with Gasteiger partial charge in [-0.25, -0.2) is 4.98 Å². The van der Waals surface area contributed by atoms with E-state index in [1.165, 1.54) is 34.9 Å². The molecule has 32 heavy (non-hydrogen) atoms. The summed E-state index contributed by atoms with van der Waals surface area (Å²) in [6, 6.07) is 18.7. The van der Waals surface area contributed by atoms with Gasteiger partial charge in [0.1, 0.15) is 0 Å². The lowest BCUT2D eigenvalue weighted by Gasteiger charge is -2.11. The molecule has 2 N–H and O–H groups in total. The minimum absolute atomic E-state index is 0.116. The van der Waals surface area contributed by atoms with Gasteiger partial charge in [0.25, 0.3) is 5.91 Å². The van der Waals surface area contributed by atoms with Gasteiger partial charge in [0.15, 0.2) is 10.9 Å². The third-order valence-corrected chi connectivity index (χ3v) is 6.49. The average Bonchev–Trinajstić information content (AvgIpc) is 3.48. The number of thioether (sulfide) groups is 1. The minimum Gasteiger partial charge on any atom is -0.459 e. The lowest BCUT2D eigenvalue weighted by Crippen LogP contribution is -2.22. The van der Waals surface area contributed by atoms with Gasteiger partial charge in [-0.05, 0) is 50.2 Å². The largest absolute Gasteiger partial charge is 0.459 e. The number of hydrogen-bond donors (Lipinski definition) is 2. The summed E-state index contributed by atoms with van der Waals surface area (Å²) in [5.41, 5.74) is 3.71. The topological polar surface area (TPSA) is 84.2 Å². The van der Waals surface area contributed by atoms with Crippen molar-refractivity contribution in [3.8, 4) is 11.3 Å². The number of carbonyl (C=O) groups is 2. The van der Waals surface area contributed by atoms with E-state index in [9.17, 15) is 9.59 Å². The molecule has 1 unspecified atom stereocenters. The zero-order valence-corrected chi connectivity index (χ0v) is 19.1. The Bertz CT molecular complexity index is 1200. The van der Waals surface area contributed by atoms with Crippen LogP contribution >= 0.6 is 23.1 Å². The molecule has 0 aliphatic rings. The van der Waals surface area contributed by atoms with Gasteiger partial charge in [-0.2, -0.15) is 0 Å². The van der Waals surface area contributed by atoms with Crippen LogP contribution in [-0.4, -0.2) is 22.0 Å². The molecule has 0 fully saturated rings. The normalized spacial score (nSPS) is 11.7. The molecule has 0 radical (unpaired) electrons. The maximum absolute atomic E-state index is 12.6. The third kappa shape index (κ3) is 5.46. The quantitative estimate of drug-likeness (QED) is 0.324. The van der Waals surface area contributed by atoms with E-state index in [1.807, 2.05) is 55.6 Å². The SMILES string of the molecule is Cc1ccc(-c2csc(NC(=O)C(C)Sc3ccc(NC(=O)c4ccco4)cc3)n2)cc1. The van der Waals surface area contributed by atoms with Crippen LogP contribution in [0.2, 0.25) is 0 Å². The summed E-state index contributed by atoms with van der Waals surface area (Å²) in [6.07, 6.45) is 1.45. The highest BCUT2D eigenvalue weighted by Crippen LogP contribution is 2.28. The predicted octanol–water partition coefficient (Wildman–Crippen LogP) is 6.08. The second kappa shape index (κ2) is 9.84. The van der Waals surface area contributed by atoms with Crippen LogP contribution in [-0.2, 0) is 4.79 Å². The molecule has 0 bridgehead atoms. The van der Waals surface area contributed by atoms with Gasteiger partial charge in [-0.3, -0.25) is 9.59 Å². The fraction of sp³-hybridized carbons (Fsp3) is 0.125. The van der Waals surface area contributed by atoms with E-state index < -0.39 is 0 Å². The summed E-state index contributed by atoms with van der Waals surface area (Å²) in [5.74, 6) is -0.173. The highest BCUT2D eigenvalue weighted by atomic mass is 32.2. The van der Waals surface area contributed by atoms with Crippen molar-refractivity contribution in [2.24, 2.45) is 0 Å². The number of nitrogens with zero attached hydrogens (tertiary/aromatic N) is 1. The van der Waals surface area contributed by atoms with Crippen molar-refractivity contribution in [1.82, 2.24) is 4.98 Å². The maximum Gasteiger partial charge on any atom is 0.291 e. The van der Waals surface area contributed by atoms with Gasteiger partial charge >= 0.3 is 0 Å². The number of thiazole rings is 1. The molecule has 0 aliphatic heterocycles. The zero-order valence-electron chi connectivity index (χ0n) is 17.5. The molecule has 0 spiro atoms. The minimum atomic E-state index is -0.315. The maximum atomic E-state index is 12.6. The van der Waals surface area contributed by atoms with E-state index in [4.69, 9.17) is 4.42 Å². The Morgan fingerprint density at radius 3 is 2.47 bits per heavy atom. The Labute approximate surface area is 194 Å². The average molecular weight is 464 g/mol. The van der Waals surface area contributed by atoms with Crippen molar-refractivity contribution in [3.05, 3.63) is 83.6 Å². The lowest BCUT2D eigenvalue weighted by molar-refractivity contribution is -0.115. The molecule has 6 nitrogen and oxygen atoms in total. The van der Waals surface area contributed by atoms with Crippen LogP contribution in [0.1, 0.15) is 23.0 Å². The zero-order chi connectivity index (χ0) is 22.5. The van der Waals surface area contributed by atoms with Crippen molar-refractivity contribution in [1.29, 1.82) is 0 Å². The fourth-order valence-electron chi connectivity index (χ4n) is 2.87. The first kappa shape index (κ1) is 21.9. The monoisotopic (exact) mass is 463 g/mol. The van der Waals surface area contributed by atoms with Crippen molar-refractivity contribution >= 4 is 45.7 Å². The fourth-order valence-corrected chi connectivity index (χ4v) is 4.46. The second-order valence-electron chi connectivity index (χ2n) is 7.11. The van der Waals surface area contributed by atoms with Crippen LogP contribution in [0.3, 0.4) is 0 Å². The van der Waals surface area contributed by atoms with E-state index in [1.54, 1.807) is 24.3 Å². The summed E-state index contributed by atoms with van der Waals surface area (Å²) < 4.78 is 5.09. The first-order valence-electron chi connectivity index (χ1n) is 9.93. The summed E-state index contributed by atoms with van der Waals surface area (Å²) in [5, 5.41) is 7.87. The summed E-state index contributed by atoms with van der Waals surface area (Å²) in [4.78, 5) is 30.1. The van der Waals surface area contributed by atoms with E-state index >= 15 is 0 Å². The van der Waals surface area contributed by atoms with E-state index in [0.717, 1.165) is 16.2 Å². The summed E-state index contributed by atoms with van der Waals surface area (Å²) >= 11 is 2.84. The highest BCUT2D eigenvalue weighted by Gasteiger charge is 2.17. The smallest absolute Gasteiger partial charge is 0.291 e. The molecule has 8 heteroatoms. The number of amides is 2. The number of aromatic nitrogens is 1. The standard InChI is InChI=1S/C24H21N3O3S2/c1-15-5-7-17(8-6-15)20-14-31-24(26-20)27-22(28)16(2)32-19-11-9-18(10-12-19)25-23(29)21-4-3-13-30-21/h3-14,16H,1-2H3,(H,25,29)(H,26,27,28). The van der Waals surface area contributed by atoms with Crippen LogP contribution in [0.4, 0.5) is 10.8 Å². The van der Waals surface area contributed by atoms with Gasteiger partial charge < -0.3 is 15.1 Å². The number of carbonyl (C=O) groups excluding carboxylic acids is 2. The van der Waals surface area contributed by atoms with Crippen molar-refractivity contribution in [2.45, 2.75) is 24.0 Å². The Morgan fingerprint density at radius 1 is 1.03 bits per heavy atom. The Balaban J connectivity index is 1.31. The molecule has 0 saturated heterocycles. The molecule has 2 aromatic heterocycles. The number of hydrogen-bond acceptors (Lipinski definition) is 6. The van der Waals surface area contributed by atoms with Gasteiger partial charge in [-0.15, -0.1) is 23.1 Å². The van der Waals surface area contributed by atoms with E-state index in [0.29, 0.717) is 10.8 Å². The van der Waals surface area contributed by atoms with Gasteiger partial charge in [-0.1, -0.05) is 29.8 Å². The van der Waals surface area contributed by atoms with Gasteiger partial charge in [0.05, 0.1) is 17.2 Å². The van der Waals surface area contributed by atoms with Crippen LogP contribution in [0.5, 0.6) is 0 Å². The molecule has 2 aromatic carbocycles. The lowest BCUT2D eigenvalue weighted by atomic mass is 10.1. The molecule has 2 amide bonds. The Kier molecular flexibility index (Phi) is 6.72. The first-order chi connectivity index (χ1) is 15.5. The number of rotatable bonds is 7. The Morgan fingerprint density at radius 2 is 1.78 bits per heavy atom. The molecule has 1 atom stereocenters.